The van der Waals surface area contributed by atoms with Gasteiger partial charge in [-0.15, -0.1) is 0 Å². The van der Waals surface area contributed by atoms with Crippen LogP contribution in [0.3, 0.4) is 0 Å². The van der Waals surface area contributed by atoms with E-state index < -0.39 is 0 Å². The third kappa shape index (κ3) is 8.73. The molecule has 0 atom stereocenters. The van der Waals surface area contributed by atoms with Crippen LogP contribution in [0, 0.1) is 0 Å². The minimum absolute atomic E-state index is 0.553. The van der Waals surface area contributed by atoms with Crippen LogP contribution in [0.15, 0.2) is 24.3 Å². The van der Waals surface area contributed by atoms with E-state index in [1.165, 1.54) is 0 Å². The molecule has 0 spiro atoms. The molecule has 1 aliphatic heterocycles. The Kier molecular flexibility index (Phi) is 10.9. The number of hydrogen-bond donors (Lipinski definition) is 0. The Morgan fingerprint density at radius 3 is 1.38 bits per heavy atom. The lowest BCUT2D eigenvalue weighted by molar-refractivity contribution is -0.0116. The molecule has 1 heterocycles. The summed E-state index contributed by atoms with van der Waals surface area (Å²) >= 11 is 0. The Balaban J connectivity index is 1.83. The van der Waals surface area contributed by atoms with Crippen molar-refractivity contribution in [2.75, 3.05) is 84.1 Å². The van der Waals surface area contributed by atoms with Gasteiger partial charge in [0.2, 0.25) is 0 Å². The van der Waals surface area contributed by atoms with E-state index in [4.69, 9.17) is 23.7 Å². The number of carbonyl (C=O) groups excluding carboxylic acids is 1. The van der Waals surface area contributed by atoms with Crippen LogP contribution in [0.5, 0.6) is 0 Å². The van der Waals surface area contributed by atoms with Gasteiger partial charge in [-0.1, -0.05) is 0 Å². The minimum atomic E-state index is 0.553. The van der Waals surface area contributed by atoms with Crippen LogP contribution in [0.25, 0.3) is 0 Å². The van der Waals surface area contributed by atoms with Crippen LogP contribution in [-0.2, 0) is 23.7 Å². The van der Waals surface area contributed by atoms with Gasteiger partial charge in [-0.3, -0.25) is 4.79 Å². The SMILES string of the molecule is O=Cc1ccc(N2CCOCCOCCOCCOCCOCC2)cc1. The molecular weight excluding hydrogens is 338 g/mol. The molecule has 1 aromatic carbocycles. The molecule has 0 radical (unpaired) electrons. The molecule has 0 aliphatic carbocycles. The molecule has 2 rings (SSSR count). The number of anilines is 1. The second-order valence-corrected chi connectivity index (χ2v) is 5.76. The number of aldehydes is 1. The Hall–Kier alpha value is -1.51. The van der Waals surface area contributed by atoms with Gasteiger partial charge in [-0.05, 0) is 24.3 Å². The van der Waals surface area contributed by atoms with Crippen molar-refractivity contribution in [2.24, 2.45) is 0 Å². The molecule has 0 amide bonds. The second-order valence-electron chi connectivity index (χ2n) is 5.76. The van der Waals surface area contributed by atoms with Crippen molar-refractivity contribution in [1.82, 2.24) is 0 Å². The topological polar surface area (TPSA) is 66.5 Å². The number of hydrogen-bond acceptors (Lipinski definition) is 7. The van der Waals surface area contributed by atoms with Gasteiger partial charge in [0, 0.05) is 24.3 Å². The Labute approximate surface area is 155 Å². The fraction of sp³-hybridized carbons (Fsp3) is 0.632. The Bertz CT molecular complexity index is 463. The summed E-state index contributed by atoms with van der Waals surface area (Å²) in [7, 11) is 0. The van der Waals surface area contributed by atoms with E-state index in [0.717, 1.165) is 25.1 Å². The quantitative estimate of drug-likeness (QED) is 0.732. The third-order valence-electron chi connectivity index (χ3n) is 3.89. The first kappa shape index (κ1) is 20.8. The highest BCUT2D eigenvalue weighted by molar-refractivity contribution is 5.75. The van der Waals surface area contributed by atoms with Crippen molar-refractivity contribution in [3.05, 3.63) is 29.8 Å². The van der Waals surface area contributed by atoms with Crippen LogP contribution < -0.4 is 4.90 Å². The third-order valence-corrected chi connectivity index (χ3v) is 3.89. The van der Waals surface area contributed by atoms with E-state index in [2.05, 4.69) is 4.90 Å². The fourth-order valence-electron chi connectivity index (χ4n) is 2.46. The maximum absolute atomic E-state index is 10.8. The molecule has 1 saturated heterocycles. The van der Waals surface area contributed by atoms with Crippen LogP contribution in [-0.4, -0.2) is 85.4 Å². The maximum atomic E-state index is 10.8. The molecule has 0 aromatic heterocycles. The minimum Gasteiger partial charge on any atom is -0.377 e. The number of carbonyl (C=O) groups is 1. The molecule has 1 aliphatic rings. The van der Waals surface area contributed by atoms with Crippen LogP contribution in [0.1, 0.15) is 10.4 Å². The summed E-state index contributed by atoms with van der Waals surface area (Å²) in [4.78, 5) is 13.0. The highest BCUT2D eigenvalue weighted by Gasteiger charge is 2.07. The summed E-state index contributed by atoms with van der Waals surface area (Å²) in [6.45, 7) is 7.12. The summed E-state index contributed by atoms with van der Waals surface area (Å²) in [6.07, 6.45) is 0.847. The normalized spacial score (nSPS) is 20.1. The zero-order chi connectivity index (χ0) is 18.3. The molecular formula is C19H29NO6. The fourth-order valence-corrected chi connectivity index (χ4v) is 2.46. The van der Waals surface area contributed by atoms with E-state index in [1.807, 2.05) is 24.3 Å². The highest BCUT2D eigenvalue weighted by Crippen LogP contribution is 2.14. The van der Waals surface area contributed by atoms with Gasteiger partial charge >= 0.3 is 0 Å². The molecule has 7 heteroatoms. The molecule has 7 nitrogen and oxygen atoms in total. The zero-order valence-electron chi connectivity index (χ0n) is 15.3. The smallest absolute Gasteiger partial charge is 0.150 e. The lowest BCUT2D eigenvalue weighted by Crippen LogP contribution is -2.31. The van der Waals surface area contributed by atoms with E-state index in [-0.39, 0.29) is 0 Å². The number of nitrogens with zero attached hydrogens (tertiary/aromatic N) is 1. The molecule has 0 bridgehead atoms. The van der Waals surface area contributed by atoms with Crippen molar-refractivity contribution < 1.29 is 28.5 Å². The summed E-state index contributed by atoms with van der Waals surface area (Å²) < 4.78 is 27.6. The second kappa shape index (κ2) is 13.7. The summed E-state index contributed by atoms with van der Waals surface area (Å²) in [5.41, 5.74) is 1.71. The predicted octanol–water partition coefficient (Wildman–Crippen LogP) is 1.40. The average molecular weight is 367 g/mol. The molecule has 146 valence electrons. The summed E-state index contributed by atoms with van der Waals surface area (Å²) in [5.74, 6) is 0. The highest BCUT2D eigenvalue weighted by atomic mass is 16.6. The Morgan fingerprint density at radius 1 is 0.615 bits per heavy atom. The van der Waals surface area contributed by atoms with E-state index in [1.54, 1.807) is 0 Å². The van der Waals surface area contributed by atoms with Crippen molar-refractivity contribution in [1.29, 1.82) is 0 Å². The van der Waals surface area contributed by atoms with Gasteiger partial charge in [0.25, 0.3) is 0 Å². The van der Waals surface area contributed by atoms with Crippen molar-refractivity contribution >= 4 is 12.0 Å². The molecule has 1 fully saturated rings. The van der Waals surface area contributed by atoms with Crippen LogP contribution in [0.2, 0.25) is 0 Å². The monoisotopic (exact) mass is 367 g/mol. The van der Waals surface area contributed by atoms with E-state index in [9.17, 15) is 4.79 Å². The standard InChI is InChI=1S/C19H29NO6/c21-17-18-1-3-19(4-2-18)20-5-7-22-9-11-24-13-15-26-16-14-25-12-10-23-8-6-20/h1-4,17H,5-16H2. The maximum Gasteiger partial charge on any atom is 0.150 e. The number of benzene rings is 1. The van der Waals surface area contributed by atoms with E-state index in [0.29, 0.717) is 71.6 Å². The first-order valence-electron chi connectivity index (χ1n) is 9.09. The first-order valence-corrected chi connectivity index (χ1v) is 9.09. The molecule has 26 heavy (non-hydrogen) atoms. The van der Waals surface area contributed by atoms with Crippen molar-refractivity contribution in [3.63, 3.8) is 0 Å². The van der Waals surface area contributed by atoms with Crippen LogP contribution in [0.4, 0.5) is 5.69 Å². The molecule has 0 saturated carbocycles. The van der Waals surface area contributed by atoms with Crippen molar-refractivity contribution in [2.45, 2.75) is 0 Å². The van der Waals surface area contributed by atoms with Gasteiger partial charge in [-0.2, -0.15) is 0 Å². The lowest BCUT2D eigenvalue weighted by Gasteiger charge is -2.25. The number of rotatable bonds is 2. The van der Waals surface area contributed by atoms with Gasteiger partial charge in [0.15, 0.2) is 0 Å². The van der Waals surface area contributed by atoms with Gasteiger partial charge in [0.1, 0.15) is 6.29 Å². The number of ether oxygens (including phenoxy) is 5. The Morgan fingerprint density at radius 2 is 1.00 bits per heavy atom. The first-order chi connectivity index (χ1) is 12.9. The van der Waals surface area contributed by atoms with Gasteiger partial charge in [0.05, 0.1) is 66.1 Å². The van der Waals surface area contributed by atoms with Crippen LogP contribution >= 0.6 is 0 Å². The molecule has 0 N–H and O–H groups in total. The van der Waals surface area contributed by atoms with Gasteiger partial charge in [-0.25, -0.2) is 0 Å². The molecule has 0 unspecified atom stereocenters. The largest absolute Gasteiger partial charge is 0.377 e. The van der Waals surface area contributed by atoms with Gasteiger partial charge < -0.3 is 28.6 Å². The zero-order valence-corrected chi connectivity index (χ0v) is 15.3. The van der Waals surface area contributed by atoms with Crippen molar-refractivity contribution in [3.8, 4) is 0 Å². The molecule has 1 aromatic rings. The average Bonchev–Trinajstić information content (AvgIpc) is 2.68. The summed E-state index contributed by atoms with van der Waals surface area (Å²) in [6, 6.07) is 7.53. The predicted molar refractivity (Wildman–Crippen MR) is 98.1 cm³/mol. The summed E-state index contributed by atoms with van der Waals surface area (Å²) in [5, 5.41) is 0. The van der Waals surface area contributed by atoms with E-state index >= 15 is 0 Å². The lowest BCUT2D eigenvalue weighted by atomic mass is 10.2.